The number of Topliss-reactive ketones (excluding diaryl/α,β-unsaturated/α-hetero) is 1. The molecule has 0 atom stereocenters. The lowest BCUT2D eigenvalue weighted by molar-refractivity contribution is -0.123. The third kappa shape index (κ3) is 3.84. The van der Waals surface area contributed by atoms with E-state index >= 15 is 0 Å². The number of carbonyl (C=O) groups is 1. The van der Waals surface area contributed by atoms with Crippen molar-refractivity contribution in [3.8, 4) is 11.1 Å². The highest BCUT2D eigenvalue weighted by Gasteiger charge is 2.28. The van der Waals surface area contributed by atoms with Crippen molar-refractivity contribution in [3.63, 3.8) is 0 Å². The molecular weight excluding hydrogens is 284 g/mol. The predicted octanol–water partition coefficient (Wildman–Crippen LogP) is 5.34. The van der Waals surface area contributed by atoms with Crippen molar-refractivity contribution >= 4 is 11.5 Å². The van der Waals surface area contributed by atoms with Crippen molar-refractivity contribution in [1.82, 2.24) is 4.98 Å². The average molecular weight is 306 g/mol. The first-order valence-corrected chi connectivity index (χ1v) is 7.95. The minimum atomic E-state index is -0.468. The summed E-state index contributed by atoms with van der Waals surface area (Å²) >= 11 is 0. The molecule has 0 saturated carbocycles. The van der Waals surface area contributed by atoms with Gasteiger partial charge in [-0.15, -0.1) is 0 Å². The lowest BCUT2D eigenvalue weighted by atomic mass is 9.78. The summed E-state index contributed by atoms with van der Waals surface area (Å²) in [6.45, 7) is 13.1. The number of hydrogen-bond acceptors (Lipinski definition) is 2. The zero-order valence-electron chi connectivity index (χ0n) is 14.0. The van der Waals surface area contributed by atoms with Crippen LogP contribution in [0, 0.1) is 6.57 Å². The van der Waals surface area contributed by atoms with E-state index in [0.717, 1.165) is 29.5 Å². The van der Waals surface area contributed by atoms with Crippen LogP contribution in [0.25, 0.3) is 16.0 Å². The summed E-state index contributed by atoms with van der Waals surface area (Å²) < 4.78 is 0. The number of carbonyl (C=O) groups excluding carboxylic acids is 1. The molecule has 2 aromatic rings. The number of hydrogen-bond donors (Lipinski definition) is 0. The van der Waals surface area contributed by atoms with Crippen molar-refractivity contribution in [2.45, 2.75) is 45.4 Å². The molecule has 0 aliphatic carbocycles. The largest absolute Gasteiger partial charge is 0.299 e. The first-order chi connectivity index (χ1) is 11.0. The van der Waals surface area contributed by atoms with Crippen molar-refractivity contribution < 1.29 is 4.79 Å². The molecule has 1 heterocycles. The van der Waals surface area contributed by atoms with Gasteiger partial charge in [-0.25, -0.2) is 4.85 Å². The van der Waals surface area contributed by atoms with E-state index in [0.29, 0.717) is 12.1 Å². The summed E-state index contributed by atoms with van der Waals surface area (Å²) in [6.07, 6.45) is 5.91. The van der Waals surface area contributed by atoms with Crippen LogP contribution < -0.4 is 0 Å². The molecule has 3 heteroatoms. The van der Waals surface area contributed by atoms with Crippen LogP contribution in [0.15, 0.2) is 42.7 Å². The van der Waals surface area contributed by atoms with Crippen molar-refractivity contribution in [2.24, 2.45) is 0 Å². The van der Waals surface area contributed by atoms with Crippen LogP contribution in [0.5, 0.6) is 0 Å². The van der Waals surface area contributed by atoms with Crippen molar-refractivity contribution in [1.29, 1.82) is 0 Å². The molecule has 0 aliphatic heterocycles. The lowest BCUT2D eigenvalue weighted by Gasteiger charge is -2.24. The Bertz CT molecular complexity index is 724. The van der Waals surface area contributed by atoms with Gasteiger partial charge in [-0.1, -0.05) is 37.6 Å². The van der Waals surface area contributed by atoms with Gasteiger partial charge < -0.3 is 0 Å². The Morgan fingerprint density at radius 1 is 1.17 bits per heavy atom. The second-order valence-corrected chi connectivity index (χ2v) is 6.27. The molecule has 0 spiro atoms. The zero-order chi connectivity index (χ0) is 16.9. The Kier molecular flexibility index (Phi) is 5.28. The first kappa shape index (κ1) is 16.9. The number of unbranched alkanes of at least 4 members (excludes halogenated alkanes) is 1. The smallest absolute Gasteiger partial charge is 0.205 e. The minimum Gasteiger partial charge on any atom is -0.299 e. The second-order valence-electron chi connectivity index (χ2n) is 6.27. The quantitative estimate of drug-likeness (QED) is 0.675. The Balaban J connectivity index is 2.25. The van der Waals surface area contributed by atoms with Gasteiger partial charge in [-0.05, 0) is 43.0 Å². The Hall–Kier alpha value is -2.47. The average Bonchev–Trinajstić information content (AvgIpc) is 2.59. The molecular formula is C20H22N2O. The van der Waals surface area contributed by atoms with Crippen molar-refractivity contribution in [3.05, 3.63) is 59.7 Å². The summed E-state index contributed by atoms with van der Waals surface area (Å²) in [5, 5.41) is 0. The monoisotopic (exact) mass is 306 g/mol. The summed E-state index contributed by atoms with van der Waals surface area (Å²) in [6, 6.07) is 9.82. The van der Waals surface area contributed by atoms with E-state index < -0.39 is 5.41 Å². The van der Waals surface area contributed by atoms with E-state index in [1.165, 1.54) is 0 Å². The third-order valence-electron chi connectivity index (χ3n) is 4.25. The van der Waals surface area contributed by atoms with Crippen LogP contribution >= 0.6 is 0 Å². The number of aromatic nitrogens is 1. The summed E-state index contributed by atoms with van der Waals surface area (Å²) in [5.41, 5.74) is 3.01. The second kappa shape index (κ2) is 7.19. The molecule has 0 aliphatic rings. The molecule has 1 aromatic carbocycles. The number of ketones is 1. The Morgan fingerprint density at radius 3 is 2.48 bits per heavy atom. The summed E-state index contributed by atoms with van der Waals surface area (Å²) in [7, 11) is 0. The van der Waals surface area contributed by atoms with E-state index in [2.05, 4.69) is 16.8 Å². The van der Waals surface area contributed by atoms with Gasteiger partial charge in [0.05, 0.1) is 6.57 Å². The molecule has 118 valence electrons. The number of rotatable bonds is 6. The molecule has 0 radical (unpaired) electrons. The van der Waals surface area contributed by atoms with Gasteiger partial charge in [0.25, 0.3) is 0 Å². The molecule has 1 aromatic heterocycles. The van der Waals surface area contributed by atoms with Crippen LogP contribution in [-0.2, 0) is 10.2 Å². The molecule has 2 rings (SSSR count). The fraction of sp³-hybridized carbons (Fsp3) is 0.350. The van der Waals surface area contributed by atoms with Gasteiger partial charge in [0.1, 0.15) is 5.78 Å². The molecule has 0 bridgehead atoms. The van der Waals surface area contributed by atoms with Crippen LogP contribution in [0.3, 0.4) is 0 Å². The summed E-state index contributed by atoms with van der Waals surface area (Å²) in [4.78, 5) is 19.9. The normalized spacial score (nSPS) is 11.0. The fourth-order valence-electron chi connectivity index (χ4n) is 2.54. The van der Waals surface area contributed by atoms with Gasteiger partial charge in [0.2, 0.25) is 5.69 Å². The van der Waals surface area contributed by atoms with Crippen LogP contribution in [-0.4, -0.2) is 10.8 Å². The molecule has 0 fully saturated rings. The minimum absolute atomic E-state index is 0.281. The maximum Gasteiger partial charge on any atom is 0.205 e. The van der Waals surface area contributed by atoms with E-state index in [4.69, 9.17) is 6.57 Å². The molecule has 0 saturated heterocycles. The topological polar surface area (TPSA) is 34.3 Å². The van der Waals surface area contributed by atoms with E-state index in [1.807, 2.05) is 44.2 Å². The van der Waals surface area contributed by atoms with E-state index in [9.17, 15) is 4.79 Å². The first-order valence-electron chi connectivity index (χ1n) is 7.95. The molecule has 23 heavy (non-hydrogen) atoms. The van der Waals surface area contributed by atoms with Crippen molar-refractivity contribution in [2.75, 3.05) is 0 Å². The van der Waals surface area contributed by atoms with Gasteiger partial charge >= 0.3 is 0 Å². The lowest BCUT2D eigenvalue weighted by Crippen LogP contribution is -2.28. The number of nitrogens with zero attached hydrogens (tertiary/aromatic N) is 2. The van der Waals surface area contributed by atoms with Gasteiger partial charge in [-0.2, -0.15) is 0 Å². The number of pyridine rings is 1. The fourth-order valence-corrected chi connectivity index (χ4v) is 2.54. The molecule has 0 unspecified atom stereocenters. The number of benzene rings is 1. The van der Waals surface area contributed by atoms with E-state index in [-0.39, 0.29) is 5.78 Å². The highest BCUT2D eigenvalue weighted by atomic mass is 16.1. The third-order valence-corrected chi connectivity index (χ3v) is 4.25. The Morgan fingerprint density at radius 2 is 1.87 bits per heavy atom. The molecule has 0 amide bonds. The maximum atomic E-state index is 12.4. The van der Waals surface area contributed by atoms with Crippen LogP contribution in [0.1, 0.15) is 45.6 Å². The van der Waals surface area contributed by atoms with Gasteiger partial charge in [-0.3, -0.25) is 9.78 Å². The highest BCUT2D eigenvalue weighted by molar-refractivity contribution is 5.89. The Labute approximate surface area is 138 Å². The highest BCUT2D eigenvalue weighted by Crippen LogP contribution is 2.29. The maximum absolute atomic E-state index is 12.4. The molecule has 0 N–H and O–H groups in total. The van der Waals surface area contributed by atoms with Crippen LogP contribution in [0.2, 0.25) is 0 Å². The SMILES string of the molecule is [C-]#[N+]c1cncc(-c2ccc(C(C)(C)C(=O)CCCC)cc2)c1. The summed E-state index contributed by atoms with van der Waals surface area (Å²) in [5.74, 6) is 0.281. The van der Waals surface area contributed by atoms with Gasteiger partial charge in [0, 0.05) is 24.2 Å². The van der Waals surface area contributed by atoms with Crippen LogP contribution in [0.4, 0.5) is 5.69 Å². The predicted molar refractivity (Wildman–Crippen MR) is 93.5 cm³/mol. The molecule has 3 nitrogen and oxygen atoms in total. The zero-order valence-corrected chi connectivity index (χ0v) is 14.0. The van der Waals surface area contributed by atoms with Gasteiger partial charge in [0.15, 0.2) is 0 Å². The van der Waals surface area contributed by atoms with E-state index in [1.54, 1.807) is 12.4 Å². The standard InChI is InChI=1S/C20H22N2O/c1-5-6-7-19(23)20(2,3)17-10-8-15(9-11-17)16-12-18(21-4)14-22-13-16/h8-14H,5-7H2,1-3H3.